The summed E-state index contributed by atoms with van der Waals surface area (Å²) >= 11 is 0. The molecule has 1 aromatic rings. The summed E-state index contributed by atoms with van der Waals surface area (Å²) in [5.41, 5.74) is 2.39. The van der Waals surface area contributed by atoms with Crippen molar-refractivity contribution in [2.45, 2.75) is 19.8 Å². The number of carbonyl (C=O) groups excluding carboxylic acids is 1. The third kappa shape index (κ3) is 4.24. The van der Waals surface area contributed by atoms with Crippen LogP contribution in [0.3, 0.4) is 0 Å². The van der Waals surface area contributed by atoms with Gasteiger partial charge in [-0.25, -0.2) is 0 Å². The largest absolute Gasteiger partial charge is 0.466 e. The van der Waals surface area contributed by atoms with Crippen LogP contribution in [0.15, 0.2) is 24.3 Å². The van der Waals surface area contributed by atoms with Gasteiger partial charge >= 0.3 is 5.97 Å². The molecule has 0 N–H and O–H groups in total. The van der Waals surface area contributed by atoms with Crippen molar-refractivity contribution in [2.24, 2.45) is 0 Å². The Morgan fingerprint density at radius 3 is 2.89 bits per heavy atom. The van der Waals surface area contributed by atoms with Gasteiger partial charge in [0.05, 0.1) is 19.8 Å². The molecule has 1 aliphatic heterocycles. The standard InChI is InChI=1S/C15H21NO3/c1-2-19-15(17)7-6-13-4-3-5-14(12-13)16-8-10-18-11-9-16/h3-5,12H,2,6-11H2,1H3. The summed E-state index contributed by atoms with van der Waals surface area (Å²) in [6, 6.07) is 8.37. The van der Waals surface area contributed by atoms with Crippen LogP contribution in [-0.2, 0) is 20.7 Å². The van der Waals surface area contributed by atoms with E-state index in [2.05, 4.69) is 23.1 Å². The Morgan fingerprint density at radius 1 is 1.37 bits per heavy atom. The van der Waals surface area contributed by atoms with Crippen molar-refractivity contribution in [3.63, 3.8) is 0 Å². The molecule has 1 saturated heterocycles. The van der Waals surface area contributed by atoms with E-state index in [4.69, 9.17) is 9.47 Å². The average molecular weight is 263 g/mol. The van der Waals surface area contributed by atoms with E-state index in [9.17, 15) is 4.79 Å². The van der Waals surface area contributed by atoms with Gasteiger partial charge in [0, 0.05) is 25.2 Å². The van der Waals surface area contributed by atoms with Crippen LogP contribution < -0.4 is 4.90 Å². The van der Waals surface area contributed by atoms with Crippen molar-refractivity contribution < 1.29 is 14.3 Å². The number of hydrogen-bond donors (Lipinski definition) is 0. The summed E-state index contributed by atoms with van der Waals surface area (Å²) in [6.45, 7) is 5.71. The first-order chi connectivity index (χ1) is 9.29. The SMILES string of the molecule is CCOC(=O)CCc1cccc(N2CCOCC2)c1. The summed E-state index contributed by atoms with van der Waals surface area (Å²) < 4.78 is 10.3. The molecule has 1 heterocycles. The number of ether oxygens (including phenoxy) is 2. The van der Waals surface area contributed by atoms with Gasteiger partial charge in [-0.3, -0.25) is 4.79 Å². The highest BCUT2D eigenvalue weighted by atomic mass is 16.5. The van der Waals surface area contributed by atoms with Crippen molar-refractivity contribution in [1.82, 2.24) is 0 Å². The number of benzene rings is 1. The molecule has 1 fully saturated rings. The van der Waals surface area contributed by atoms with Crippen LogP contribution >= 0.6 is 0 Å². The molecule has 0 saturated carbocycles. The predicted molar refractivity (Wildman–Crippen MR) is 74.4 cm³/mol. The molecule has 0 amide bonds. The lowest BCUT2D eigenvalue weighted by molar-refractivity contribution is -0.143. The summed E-state index contributed by atoms with van der Waals surface area (Å²) in [6.07, 6.45) is 1.18. The molecular formula is C15H21NO3. The van der Waals surface area contributed by atoms with Crippen molar-refractivity contribution in [1.29, 1.82) is 0 Å². The van der Waals surface area contributed by atoms with Gasteiger partial charge in [0.2, 0.25) is 0 Å². The molecule has 0 aliphatic carbocycles. The third-order valence-corrected chi connectivity index (χ3v) is 3.21. The highest BCUT2D eigenvalue weighted by Gasteiger charge is 2.11. The first-order valence-electron chi connectivity index (χ1n) is 6.87. The quantitative estimate of drug-likeness (QED) is 0.762. The number of esters is 1. The molecule has 4 heteroatoms. The lowest BCUT2D eigenvalue weighted by Crippen LogP contribution is -2.36. The number of hydrogen-bond acceptors (Lipinski definition) is 4. The van der Waals surface area contributed by atoms with Crippen molar-refractivity contribution in [2.75, 3.05) is 37.8 Å². The second-order valence-corrected chi connectivity index (χ2v) is 4.57. The first kappa shape index (κ1) is 13.9. The van der Waals surface area contributed by atoms with Crippen LogP contribution in [0.4, 0.5) is 5.69 Å². The van der Waals surface area contributed by atoms with Gasteiger partial charge in [-0.05, 0) is 31.0 Å². The van der Waals surface area contributed by atoms with Gasteiger partial charge in [-0.2, -0.15) is 0 Å². The summed E-state index contributed by atoms with van der Waals surface area (Å²) in [7, 11) is 0. The number of aryl methyl sites for hydroxylation is 1. The molecule has 1 aromatic carbocycles. The zero-order chi connectivity index (χ0) is 13.5. The minimum atomic E-state index is -0.126. The molecule has 0 aromatic heterocycles. The van der Waals surface area contributed by atoms with E-state index in [1.807, 2.05) is 13.0 Å². The third-order valence-electron chi connectivity index (χ3n) is 3.21. The van der Waals surface area contributed by atoms with Crippen molar-refractivity contribution in [3.8, 4) is 0 Å². The Balaban J connectivity index is 1.92. The second kappa shape index (κ2) is 7.14. The van der Waals surface area contributed by atoms with Gasteiger partial charge in [0.25, 0.3) is 0 Å². The lowest BCUT2D eigenvalue weighted by Gasteiger charge is -2.29. The number of nitrogens with zero attached hydrogens (tertiary/aromatic N) is 1. The topological polar surface area (TPSA) is 38.8 Å². The molecular weight excluding hydrogens is 242 g/mol. The first-order valence-corrected chi connectivity index (χ1v) is 6.87. The Morgan fingerprint density at radius 2 is 2.16 bits per heavy atom. The van der Waals surface area contributed by atoms with Crippen molar-refractivity contribution >= 4 is 11.7 Å². The monoisotopic (exact) mass is 263 g/mol. The highest BCUT2D eigenvalue weighted by molar-refractivity contribution is 5.69. The second-order valence-electron chi connectivity index (χ2n) is 4.57. The van der Waals surface area contributed by atoms with Crippen molar-refractivity contribution in [3.05, 3.63) is 29.8 Å². The fourth-order valence-corrected chi connectivity index (χ4v) is 2.21. The zero-order valence-corrected chi connectivity index (χ0v) is 11.4. The van der Waals surface area contributed by atoms with E-state index in [1.165, 1.54) is 11.3 Å². The smallest absolute Gasteiger partial charge is 0.306 e. The van der Waals surface area contributed by atoms with E-state index in [0.29, 0.717) is 13.0 Å². The fourth-order valence-electron chi connectivity index (χ4n) is 2.21. The normalized spacial score (nSPS) is 15.3. The minimum Gasteiger partial charge on any atom is -0.466 e. The Kier molecular flexibility index (Phi) is 5.21. The maximum absolute atomic E-state index is 11.4. The zero-order valence-electron chi connectivity index (χ0n) is 11.4. The summed E-state index contributed by atoms with van der Waals surface area (Å²) in [4.78, 5) is 13.7. The number of rotatable bonds is 5. The maximum Gasteiger partial charge on any atom is 0.306 e. The van der Waals surface area contributed by atoms with Crippen LogP contribution in [-0.4, -0.2) is 38.9 Å². The number of morpholine rings is 1. The van der Waals surface area contributed by atoms with Crippen LogP contribution in [0.1, 0.15) is 18.9 Å². The van der Waals surface area contributed by atoms with E-state index in [-0.39, 0.29) is 5.97 Å². The van der Waals surface area contributed by atoms with E-state index in [1.54, 1.807) is 0 Å². The molecule has 0 bridgehead atoms. The van der Waals surface area contributed by atoms with Gasteiger partial charge in [-0.1, -0.05) is 12.1 Å². The average Bonchev–Trinajstić information content (AvgIpc) is 2.47. The van der Waals surface area contributed by atoms with Crippen LogP contribution in [0.2, 0.25) is 0 Å². The molecule has 0 radical (unpaired) electrons. The van der Waals surface area contributed by atoms with Gasteiger partial charge in [0.15, 0.2) is 0 Å². The van der Waals surface area contributed by atoms with E-state index < -0.39 is 0 Å². The number of carbonyl (C=O) groups is 1. The molecule has 2 rings (SSSR count). The Hall–Kier alpha value is -1.55. The fraction of sp³-hybridized carbons (Fsp3) is 0.533. The predicted octanol–water partition coefficient (Wildman–Crippen LogP) is 2.02. The molecule has 1 aliphatic rings. The van der Waals surface area contributed by atoms with Gasteiger partial charge in [0.1, 0.15) is 0 Å². The molecule has 104 valence electrons. The van der Waals surface area contributed by atoms with Crippen LogP contribution in [0.25, 0.3) is 0 Å². The summed E-state index contributed by atoms with van der Waals surface area (Å²) in [5, 5.41) is 0. The Bertz CT molecular complexity index is 414. The van der Waals surface area contributed by atoms with Gasteiger partial charge in [-0.15, -0.1) is 0 Å². The lowest BCUT2D eigenvalue weighted by atomic mass is 10.1. The van der Waals surface area contributed by atoms with E-state index in [0.717, 1.165) is 32.7 Å². The van der Waals surface area contributed by atoms with Crippen LogP contribution in [0.5, 0.6) is 0 Å². The van der Waals surface area contributed by atoms with Crippen LogP contribution in [0, 0.1) is 0 Å². The molecule has 19 heavy (non-hydrogen) atoms. The highest BCUT2D eigenvalue weighted by Crippen LogP contribution is 2.18. The molecule has 0 spiro atoms. The summed E-state index contributed by atoms with van der Waals surface area (Å²) in [5.74, 6) is -0.126. The number of anilines is 1. The van der Waals surface area contributed by atoms with Gasteiger partial charge < -0.3 is 14.4 Å². The van der Waals surface area contributed by atoms with E-state index >= 15 is 0 Å². The maximum atomic E-state index is 11.4. The molecule has 0 atom stereocenters. The molecule has 0 unspecified atom stereocenters. The Labute approximate surface area is 114 Å². The minimum absolute atomic E-state index is 0.126. The molecule has 4 nitrogen and oxygen atoms in total.